The van der Waals surface area contributed by atoms with Gasteiger partial charge >= 0.3 is 0 Å². The third-order valence-electron chi connectivity index (χ3n) is 4.21. The van der Waals surface area contributed by atoms with E-state index < -0.39 is 12.0 Å². The van der Waals surface area contributed by atoms with Crippen molar-refractivity contribution in [1.29, 1.82) is 0 Å². The molecule has 1 heterocycles. The molecule has 1 amide bonds. The number of primary amides is 1. The fraction of sp³-hybridized carbons (Fsp3) is 0.263. The first-order valence-electron chi connectivity index (χ1n) is 8.18. The van der Waals surface area contributed by atoms with Crippen LogP contribution in [0.2, 0.25) is 0 Å². The van der Waals surface area contributed by atoms with Crippen LogP contribution in [0.5, 0.6) is 0 Å². The quantitative estimate of drug-likeness (QED) is 0.638. The fourth-order valence-corrected chi connectivity index (χ4v) is 3.99. The van der Waals surface area contributed by atoms with Crippen LogP contribution >= 0.6 is 11.8 Å². The highest BCUT2D eigenvalue weighted by Crippen LogP contribution is 2.30. The molecule has 2 unspecified atom stereocenters. The second kappa shape index (κ2) is 7.72. The van der Waals surface area contributed by atoms with E-state index in [0.717, 1.165) is 12.2 Å². The van der Waals surface area contributed by atoms with E-state index in [1.54, 1.807) is 35.8 Å². The third-order valence-corrected chi connectivity index (χ3v) is 5.32. The van der Waals surface area contributed by atoms with Gasteiger partial charge in [-0.3, -0.25) is 4.79 Å². The van der Waals surface area contributed by atoms with Gasteiger partial charge in [0.05, 0.1) is 18.5 Å². The Kier molecular flexibility index (Phi) is 5.40. The highest BCUT2D eigenvalue weighted by Gasteiger charge is 2.18. The first kappa shape index (κ1) is 17.5. The van der Waals surface area contributed by atoms with Crippen LogP contribution in [-0.4, -0.2) is 32.4 Å². The molecule has 6 heteroatoms. The van der Waals surface area contributed by atoms with E-state index in [1.807, 2.05) is 12.1 Å². The van der Waals surface area contributed by atoms with Crippen LogP contribution in [0.3, 0.4) is 0 Å². The maximum atomic E-state index is 11.2. The van der Waals surface area contributed by atoms with Gasteiger partial charge in [-0.25, -0.2) is 4.98 Å². The Bertz CT molecular complexity index is 870. The van der Waals surface area contributed by atoms with Gasteiger partial charge in [-0.2, -0.15) is 0 Å². The first-order valence-corrected chi connectivity index (χ1v) is 9.16. The number of benzene rings is 2. The molecule has 2 atom stereocenters. The summed E-state index contributed by atoms with van der Waals surface area (Å²) in [5.74, 6) is 0.279. The summed E-state index contributed by atoms with van der Waals surface area (Å²) < 4.78 is 1.77. The van der Waals surface area contributed by atoms with Crippen molar-refractivity contribution in [1.82, 2.24) is 9.55 Å². The monoisotopic (exact) mass is 355 g/mol. The topological polar surface area (TPSA) is 81.1 Å². The van der Waals surface area contributed by atoms with Gasteiger partial charge in [-0.05, 0) is 30.2 Å². The van der Waals surface area contributed by atoms with Crippen molar-refractivity contribution in [3.05, 3.63) is 60.7 Å². The van der Waals surface area contributed by atoms with E-state index in [4.69, 9.17) is 5.73 Å². The molecule has 0 aliphatic heterocycles. The van der Waals surface area contributed by atoms with Crippen molar-refractivity contribution in [3.8, 4) is 0 Å². The zero-order valence-electron chi connectivity index (χ0n) is 14.0. The van der Waals surface area contributed by atoms with Gasteiger partial charge < -0.3 is 15.4 Å². The van der Waals surface area contributed by atoms with Gasteiger partial charge in [0, 0.05) is 16.8 Å². The number of hydrogen-bond acceptors (Lipinski definition) is 4. The lowest BCUT2D eigenvalue weighted by atomic mass is 10.1. The number of aromatic nitrogens is 2. The van der Waals surface area contributed by atoms with Gasteiger partial charge in [-0.15, -0.1) is 11.8 Å². The standard InChI is InChI=1S/C19H21N3O2S/c1-13(23)17(22-11-16(19(20)24)21-12-22)9-10-25-18-8-4-6-14-5-2-3-7-15(14)18/h2-8,11-13,17,23H,9-10H2,1H3,(H2,20,24). The molecule has 0 spiro atoms. The zero-order chi connectivity index (χ0) is 17.8. The number of carbonyl (C=O) groups excluding carboxylic acids is 1. The number of hydrogen-bond donors (Lipinski definition) is 2. The number of nitrogens with two attached hydrogens (primary N) is 1. The van der Waals surface area contributed by atoms with Gasteiger partial charge in [0.25, 0.3) is 5.91 Å². The minimum atomic E-state index is -0.562. The van der Waals surface area contributed by atoms with E-state index >= 15 is 0 Å². The number of aliphatic hydroxyl groups excluding tert-OH is 1. The summed E-state index contributed by atoms with van der Waals surface area (Å²) in [4.78, 5) is 16.4. The zero-order valence-corrected chi connectivity index (χ0v) is 14.8. The highest BCUT2D eigenvalue weighted by molar-refractivity contribution is 7.99. The molecule has 5 nitrogen and oxygen atoms in total. The van der Waals surface area contributed by atoms with E-state index in [9.17, 15) is 9.90 Å². The fourth-order valence-electron chi connectivity index (χ4n) is 2.90. The number of nitrogens with zero attached hydrogens (tertiary/aromatic N) is 2. The third kappa shape index (κ3) is 4.03. The molecule has 0 bridgehead atoms. The minimum Gasteiger partial charge on any atom is -0.391 e. The van der Waals surface area contributed by atoms with Crippen LogP contribution in [0.4, 0.5) is 0 Å². The molecule has 3 aromatic rings. The molecule has 0 saturated carbocycles. The Balaban J connectivity index is 1.70. The Labute approximate surface area is 150 Å². The number of fused-ring (bicyclic) bond motifs is 1. The minimum absolute atomic E-state index is 0.150. The summed E-state index contributed by atoms with van der Waals surface area (Å²) >= 11 is 1.77. The molecule has 3 N–H and O–H groups in total. The molecular formula is C19H21N3O2S. The predicted molar refractivity (Wildman–Crippen MR) is 101 cm³/mol. The Hall–Kier alpha value is -2.31. The van der Waals surface area contributed by atoms with Crippen molar-refractivity contribution < 1.29 is 9.90 Å². The molecule has 2 aromatic carbocycles. The summed E-state index contributed by atoms with van der Waals surface area (Å²) in [5, 5.41) is 12.6. The van der Waals surface area contributed by atoms with Crippen LogP contribution in [0, 0.1) is 0 Å². The highest BCUT2D eigenvalue weighted by atomic mass is 32.2. The lowest BCUT2D eigenvalue weighted by Gasteiger charge is -2.21. The van der Waals surface area contributed by atoms with Gasteiger partial charge in [-0.1, -0.05) is 36.4 Å². The molecule has 0 aliphatic rings. The lowest BCUT2D eigenvalue weighted by molar-refractivity contribution is 0.0994. The average molecular weight is 355 g/mol. The number of rotatable bonds is 7. The molecule has 1 aromatic heterocycles. The summed E-state index contributed by atoms with van der Waals surface area (Å²) in [6.45, 7) is 1.75. The second-order valence-electron chi connectivity index (χ2n) is 5.99. The smallest absolute Gasteiger partial charge is 0.268 e. The van der Waals surface area contributed by atoms with E-state index in [0.29, 0.717) is 0 Å². The van der Waals surface area contributed by atoms with Crippen molar-refractivity contribution in [2.24, 2.45) is 5.73 Å². The van der Waals surface area contributed by atoms with Gasteiger partial charge in [0.1, 0.15) is 5.69 Å². The van der Waals surface area contributed by atoms with E-state index in [2.05, 4.69) is 35.3 Å². The summed E-state index contributed by atoms with van der Waals surface area (Å²) in [7, 11) is 0. The van der Waals surface area contributed by atoms with Crippen LogP contribution < -0.4 is 5.73 Å². The Morgan fingerprint density at radius 2 is 2.04 bits per heavy atom. The maximum absolute atomic E-state index is 11.2. The second-order valence-corrected chi connectivity index (χ2v) is 7.13. The molecule has 0 saturated heterocycles. The summed E-state index contributed by atoms with van der Waals surface area (Å²) in [6, 6.07) is 14.4. The van der Waals surface area contributed by atoms with Gasteiger partial charge in [0.2, 0.25) is 0 Å². The Morgan fingerprint density at radius 1 is 1.28 bits per heavy atom. The van der Waals surface area contributed by atoms with Crippen LogP contribution in [0.15, 0.2) is 59.9 Å². The van der Waals surface area contributed by atoms with Gasteiger partial charge in [0.15, 0.2) is 0 Å². The maximum Gasteiger partial charge on any atom is 0.268 e. The normalized spacial score (nSPS) is 13.7. The molecule has 3 rings (SSSR count). The number of thioether (sulfide) groups is 1. The summed E-state index contributed by atoms with van der Waals surface area (Å²) in [6.07, 6.45) is 3.35. The number of imidazole rings is 1. The number of amides is 1. The number of aliphatic hydroxyl groups is 1. The average Bonchev–Trinajstić information content (AvgIpc) is 3.08. The largest absolute Gasteiger partial charge is 0.391 e. The first-order chi connectivity index (χ1) is 12.1. The van der Waals surface area contributed by atoms with Crippen molar-refractivity contribution in [2.45, 2.75) is 30.4 Å². The molecule has 0 radical (unpaired) electrons. The summed E-state index contributed by atoms with van der Waals surface area (Å²) in [5.41, 5.74) is 5.47. The Morgan fingerprint density at radius 3 is 2.76 bits per heavy atom. The molecule has 130 valence electrons. The molecule has 0 aliphatic carbocycles. The van der Waals surface area contributed by atoms with Crippen molar-refractivity contribution in [2.75, 3.05) is 5.75 Å². The van der Waals surface area contributed by atoms with Crippen LogP contribution in [0.1, 0.15) is 29.9 Å². The number of carbonyl (C=O) groups is 1. The van der Waals surface area contributed by atoms with E-state index in [1.165, 1.54) is 15.7 Å². The molecular weight excluding hydrogens is 334 g/mol. The predicted octanol–water partition coefficient (Wildman–Crippen LogP) is 3.24. The van der Waals surface area contributed by atoms with E-state index in [-0.39, 0.29) is 11.7 Å². The lowest BCUT2D eigenvalue weighted by Crippen LogP contribution is -2.21. The van der Waals surface area contributed by atoms with Crippen LogP contribution in [-0.2, 0) is 0 Å². The van der Waals surface area contributed by atoms with Crippen molar-refractivity contribution in [3.63, 3.8) is 0 Å². The SMILES string of the molecule is CC(O)C(CCSc1cccc2ccccc12)n1cnc(C(N)=O)c1. The van der Waals surface area contributed by atoms with Crippen molar-refractivity contribution >= 4 is 28.4 Å². The molecule has 0 fully saturated rings. The molecule has 25 heavy (non-hydrogen) atoms. The van der Waals surface area contributed by atoms with Crippen LogP contribution in [0.25, 0.3) is 10.8 Å².